The molecular weight excluding hydrogens is 347 g/mol. The predicted molar refractivity (Wildman–Crippen MR) is 99.4 cm³/mol. The van der Waals surface area contributed by atoms with Crippen LogP contribution in [-0.4, -0.2) is 33.0 Å². The minimum Gasteiger partial charge on any atom is -0.347 e. The molecule has 2 amide bonds. The number of benzene rings is 1. The highest BCUT2D eigenvalue weighted by molar-refractivity contribution is 5.94. The second kappa shape index (κ2) is 7.90. The molecule has 0 fully saturated rings. The van der Waals surface area contributed by atoms with Gasteiger partial charge in [-0.15, -0.1) is 0 Å². The Kier molecular flexibility index (Phi) is 5.58. The van der Waals surface area contributed by atoms with Crippen molar-refractivity contribution >= 4 is 11.8 Å². The fourth-order valence-electron chi connectivity index (χ4n) is 3.33. The third-order valence-electron chi connectivity index (χ3n) is 4.76. The lowest BCUT2D eigenvalue weighted by atomic mass is 10.0. The molecule has 0 saturated carbocycles. The quantitative estimate of drug-likeness (QED) is 0.877. The van der Waals surface area contributed by atoms with Crippen molar-refractivity contribution in [3.05, 3.63) is 52.6 Å². The lowest BCUT2D eigenvalue weighted by Gasteiger charge is -2.28. The maximum Gasteiger partial charge on any atom is 0.272 e. The lowest BCUT2D eigenvalue weighted by molar-refractivity contribution is -0.132. The molecule has 0 bridgehead atoms. The number of aromatic nitrogens is 2. The Morgan fingerprint density at radius 2 is 1.96 bits per heavy atom. The highest BCUT2D eigenvalue weighted by atomic mass is 19.1. The first-order chi connectivity index (χ1) is 12.8. The van der Waals surface area contributed by atoms with Crippen LogP contribution in [0.15, 0.2) is 24.3 Å². The molecule has 0 radical (unpaired) electrons. The number of amides is 2. The third kappa shape index (κ3) is 4.35. The molecule has 0 atom stereocenters. The lowest BCUT2D eigenvalue weighted by Crippen LogP contribution is -2.37. The summed E-state index contributed by atoms with van der Waals surface area (Å²) in [6, 6.07) is 6.00. The molecule has 1 aliphatic rings. The first-order valence-electron chi connectivity index (χ1n) is 9.20. The van der Waals surface area contributed by atoms with E-state index in [0.29, 0.717) is 44.1 Å². The highest BCUT2D eigenvalue weighted by Gasteiger charge is 2.29. The molecule has 0 saturated heterocycles. The first kappa shape index (κ1) is 19.1. The van der Waals surface area contributed by atoms with Gasteiger partial charge < -0.3 is 10.2 Å². The molecule has 3 rings (SSSR count). The van der Waals surface area contributed by atoms with E-state index in [1.165, 1.54) is 12.1 Å². The molecule has 1 aromatic carbocycles. The van der Waals surface area contributed by atoms with E-state index < -0.39 is 0 Å². The van der Waals surface area contributed by atoms with Crippen molar-refractivity contribution in [3.63, 3.8) is 0 Å². The van der Waals surface area contributed by atoms with E-state index in [1.54, 1.807) is 21.7 Å². The number of nitrogens with one attached hydrogen (secondary N) is 1. The fraction of sp³-hybridized carbons (Fsp3) is 0.450. The van der Waals surface area contributed by atoms with E-state index in [2.05, 4.69) is 10.4 Å². The standard InChI is InChI=1S/C20H25FN4O2/c1-13(2)10-18(26)25-9-8-17-16(12-25)19(23-24(17)3)20(27)22-11-14-4-6-15(21)7-5-14/h4-7,13H,8-12H2,1-3H3,(H,22,27). The molecule has 144 valence electrons. The van der Waals surface area contributed by atoms with Crippen molar-refractivity contribution in [1.82, 2.24) is 20.0 Å². The van der Waals surface area contributed by atoms with E-state index in [1.807, 2.05) is 20.9 Å². The van der Waals surface area contributed by atoms with Crippen molar-refractivity contribution in [3.8, 4) is 0 Å². The number of carbonyl (C=O) groups is 2. The number of halogens is 1. The highest BCUT2D eigenvalue weighted by Crippen LogP contribution is 2.23. The molecule has 0 spiro atoms. The minimum atomic E-state index is -0.310. The maximum atomic E-state index is 13.0. The second-order valence-corrected chi connectivity index (χ2v) is 7.37. The Bertz CT molecular complexity index is 842. The minimum absolute atomic E-state index is 0.108. The number of hydrogen-bond donors (Lipinski definition) is 1. The van der Waals surface area contributed by atoms with E-state index >= 15 is 0 Å². The average Bonchev–Trinajstić information content (AvgIpc) is 2.97. The number of carbonyl (C=O) groups excluding carboxylic acids is 2. The fourth-order valence-corrected chi connectivity index (χ4v) is 3.33. The predicted octanol–water partition coefficient (Wildman–Crippen LogP) is 2.42. The number of nitrogens with zero attached hydrogens (tertiary/aromatic N) is 3. The van der Waals surface area contributed by atoms with Gasteiger partial charge in [0.15, 0.2) is 5.69 Å². The zero-order valence-corrected chi connectivity index (χ0v) is 16.0. The molecule has 1 aromatic heterocycles. The normalized spacial score (nSPS) is 13.6. The molecule has 7 heteroatoms. The molecule has 0 unspecified atom stereocenters. The molecule has 2 heterocycles. The smallest absolute Gasteiger partial charge is 0.272 e. The Labute approximate surface area is 158 Å². The van der Waals surface area contributed by atoms with Gasteiger partial charge in [0.25, 0.3) is 5.91 Å². The molecule has 2 aromatic rings. The Balaban J connectivity index is 1.72. The molecular formula is C20H25FN4O2. The average molecular weight is 372 g/mol. The summed E-state index contributed by atoms with van der Waals surface area (Å²) in [6.07, 6.45) is 1.19. The summed E-state index contributed by atoms with van der Waals surface area (Å²) in [4.78, 5) is 26.9. The summed E-state index contributed by atoms with van der Waals surface area (Å²) < 4.78 is 14.7. The number of hydrogen-bond acceptors (Lipinski definition) is 3. The maximum absolute atomic E-state index is 13.0. The van der Waals surface area contributed by atoms with Gasteiger partial charge in [-0.25, -0.2) is 4.39 Å². The van der Waals surface area contributed by atoms with Crippen LogP contribution in [0.25, 0.3) is 0 Å². The molecule has 0 aliphatic carbocycles. The summed E-state index contributed by atoms with van der Waals surface area (Å²) in [5.74, 6) is -0.187. The van der Waals surface area contributed by atoms with Crippen LogP contribution in [0.4, 0.5) is 4.39 Å². The van der Waals surface area contributed by atoms with Crippen LogP contribution in [0.2, 0.25) is 0 Å². The van der Waals surface area contributed by atoms with Gasteiger partial charge in [-0.05, 0) is 23.6 Å². The second-order valence-electron chi connectivity index (χ2n) is 7.37. The molecule has 27 heavy (non-hydrogen) atoms. The van der Waals surface area contributed by atoms with E-state index in [-0.39, 0.29) is 17.6 Å². The first-order valence-corrected chi connectivity index (χ1v) is 9.20. The topological polar surface area (TPSA) is 67.2 Å². The van der Waals surface area contributed by atoms with Crippen LogP contribution in [0.1, 0.15) is 47.6 Å². The van der Waals surface area contributed by atoms with Gasteiger partial charge in [0.1, 0.15) is 5.82 Å². The van der Waals surface area contributed by atoms with Crippen molar-refractivity contribution in [2.75, 3.05) is 6.54 Å². The van der Waals surface area contributed by atoms with Crippen molar-refractivity contribution in [1.29, 1.82) is 0 Å². The number of aryl methyl sites for hydroxylation is 1. The van der Waals surface area contributed by atoms with Crippen LogP contribution < -0.4 is 5.32 Å². The summed E-state index contributed by atoms with van der Waals surface area (Å²) in [6.45, 7) is 5.39. The Morgan fingerprint density at radius 1 is 1.26 bits per heavy atom. The van der Waals surface area contributed by atoms with Crippen molar-refractivity contribution in [2.45, 2.75) is 39.8 Å². The van der Waals surface area contributed by atoms with Gasteiger partial charge in [-0.2, -0.15) is 5.10 Å². The van der Waals surface area contributed by atoms with Gasteiger partial charge in [-0.3, -0.25) is 14.3 Å². The molecule has 6 nitrogen and oxygen atoms in total. The van der Waals surface area contributed by atoms with Crippen molar-refractivity contribution < 1.29 is 14.0 Å². The van der Waals surface area contributed by atoms with E-state index in [4.69, 9.17) is 0 Å². The molecule has 1 aliphatic heterocycles. The third-order valence-corrected chi connectivity index (χ3v) is 4.76. The van der Waals surface area contributed by atoms with Crippen LogP contribution in [0.5, 0.6) is 0 Å². The zero-order valence-electron chi connectivity index (χ0n) is 16.0. The van der Waals surface area contributed by atoms with E-state index in [0.717, 1.165) is 16.8 Å². The monoisotopic (exact) mass is 372 g/mol. The summed E-state index contributed by atoms with van der Waals surface area (Å²) in [5, 5.41) is 7.21. The van der Waals surface area contributed by atoms with Gasteiger partial charge in [0.2, 0.25) is 5.91 Å². The van der Waals surface area contributed by atoms with Crippen LogP contribution in [0, 0.1) is 11.7 Å². The van der Waals surface area contributed by atoms with Gasteiger partial charge >= 0.3 is 0 Å². The van der Waals surface area contributed by atoms with Crippen LogP contribution in [-0.2, 0) is 31.4 Å². The Hall–Kier alpha value is -2.70. The number of fused-ring (bicyclic) bond motifs is 1. The largest absolute Gasteiger partial charge is 0.347 e. The summed E-state index contributed by atoms with van der Waals surface area (Å²) in [7, 11) is 1.82. The van der Waals surface area contributed by atoms with Crippen LogP contribution in [0.3, 0.4) is 0 Å². The zero-order chi connectivity index (χ0) is 19.6. The van der Waals surface area contributed by atoms with Crippen molar-refractivity contribution in [2.24, 2.45) is 13.0 Å². The van der Waals surface area contributed by atoms with Gasteiger partial charge in [0, 0.05) is 50.8 Å². The van der Waals surface area contributed by atoms with Gasteiger partial charge in [0.05, 0.1) is 0 Å². The van der Waals surface area contributed by atoms with E-state index in [9.17, 15) is 14.0 Å². The van der Waals surface area contributed by atoms with Gasteiger partial charge in [-0.1, -0.05) is 26.0 Å². The summed E-state index contributed by atoms with van der Waals surface area (Å²) >= 11 is 0. The summed E-state index contributed by atoms with van der Waals surface area (Å²) in [5.41, 5.74) is 2.98. The molecule has 1 N–H and O–H groups in total. The number of rotatable bonds is 5. The Morgan fingerprint density at radius 3 is 2.63 bits per heavy atom. The van der Waals surface area contributed by atoms with Crippen LogP contribution >= 0.6 is 0 Å². The SMILES string of the molecule is CC(C)CC(=O)N1CCc2c(c(C(=O)NCc3ccc(F)cc3)nn2C)C1.